The van der Waals surface area contributed by atoms with Crippen molar-refractivity contribution in [2.75, 3.05) is 5.73 Å². The highest BCUT2D eigenvalue weighted by Gasteiger charge is 2.22. The van der Waals surface area contributed by atoms with Crippen LogP contribution in [0.5, 0.6) is 0 Å². The molecule has 1 saturated carbocycles. The lowest BCUT2D eigenvalue weighted by atomic mass is 10.1. The molecule has 1 aliphatic carbocycles. The summed E-state index contributed by atoms with van der Waals surface area (Å²) in [6.45, 7) is 2.24. The molecule has 2 unspecified atom stereocenters. The number of carbonyl (C=O) groups excluding carboxylic acids is 1. The molecule has 1 aliphatic rings. The lowest BCUT2D eigenvalue weighted by molar-refractivity contribution is -0.121. The molecule has 1 aromatic carbocycles. The van der Waals surface area contributed by atoms with Crippen molar-refractivity contribution in [2.24, 2.45) is 5.92 Å². The summed E-state index contributed by atoms with van der Waals surface area (Å²) in [5.74, 6) is 0.849. The molecule has 17 heavy (non-hydrogen) atoms. The van der Waals surface area contributed by atoms with Crippen molar-refractivity contribution in [1.82, 2.24) is 5.32 Å². The highest BCUT2D eigenvalue weighted by Crippen LogP contribution is 2.24. The molecule has 1 fully saturated rings. The van der Waals surface area contributed by atoms with Crippen LogP contribution in [0.1, 0.15) is 31.7 Å². The quantitative estimate of drug-likeness (QED) is 0.784. The van der Waals surface area contributed by atoms with E-state index in [4.69, 9.17) is 5.73 Å². The number of carbonyl (C=O) groups is 1. The van der Waals surface area contributed by atoms with E-state index < -0.39 is 0 Å². The summed E-state index contributed by atoms with van der Waals surface area (Å²) >= 11 is 0. The molecular weight excluding hydrogens is 212 g/mol. The zero-order valence-corrected chi connectivity index (χ0v) is 10.3. The molecule has 0 bridgehead atoms. The van der Waals surface area contributed by atoms with Crippen LogP contribution in [0, 0.1) is 5.92 Å². The van der Waals surface area contributed by atoms with Crippen LogP contribution in [0.3, 0.4) is 0 Å². The molecule has 0 aliphatic heterocycles. The van der Waals surface area contributed by atoms with Gasteiger partial charge in [0.05, 0.1) is 6.42 Å². The molecule has 92 valence electrons. The van der Waals surface area contributed by atoms with Crippen LogP contribution in [0.4, 0.5) is 5.69 Å². The van der Waals surface area contributed by atoms with Gasteiger partial charge in [-0.15, -0.1) is 0 Å². The minimum Gasteiger partial charge on any atom is -0.399 e. The first kappa shape index (κ1) is 12.0. The molecule has 0 radical (unpaired) electrons. The van der Waals surface area contributed by atoms with Gasteiger partial charge in [-0.2, -0.15) is 0 Å². The van der Waals surface area contributed by atoms with Gasteiger partial charge in [-0.3, -0.25) is 4.79 Å². The number of rotatable bonds is 3. The first-order chi connectivity index (χ1) is 8.13. The topological polar surface area (TPSA) is 55.1 Å². The van der Waals surface area contributed by atoms with E-state index in [0.717, 1.165) is 24.3 Å². The summed E-state index contributed by atoms with van der Waals surface area (Å²) in [7, 11) is 0. The Hall–Kier alpha value is -1.51. The first-order valence-electron chi connectivity index (χ1n) is 6.27. The van der Waals surface area contributed by atoms with E-state index in [1.54, 1.807) is 0 Å². The Balaban J connectivity index is 1.85. The molecule has 0 heterocycles. The molecule has 2 rings (SSSR count). The molecule has 3 N–H and O–H groups in total. The maximum atomic E-state index is 11.8. The van der Waals surface area contributed by atoms with Gasteiger partial charge in [0.2, 0.25) is 5.91 Å². The van der Waals surface area contributed by atoms with Gasteiger partial charge in [-0.25, -0.2) is 0 Å². The number of hydrogen-bond donors (Lipinski definition) is 2. The number of nitrogen functional groups attached to an aromatic ring is 1. The Morgan fingerprint density at radius 2 is 2.29 bits per heavy atom. The van der Waals surface area contributed by atoms with Gasteiger partial charge in [0.25, 0.3) is 0 Å². The van der Waals surface area contributed by atoms with E-state index in [1.807, 2.05) is 24.3 Å². The maximum Gasteiger partial charge on any atom is 0.224 e. The van der Waals surface area contributed by atoms with Crippen LogP contribution in [0.15, 0.2) is 24.3 Å². The van der Waals surface area contributed by atoms with Gasteiger partial charge < -0.3 is 11.1 Å². The lowest BCUT2D eigenvalue weighted by Crippen LogP contribution is -2.34. The Morgan fingerprint density at radius 3 is 2.94 bits per heavy atom. The third kappa shape index (κ3) is 3.48. The Morgan fingerprint density at radius 1 is 1.47 bits per heavy atom. The van der Waals surface area contributed by atoms with Crippen LogP contribution in [-0.4, -0.2) is 11.9 Å². The molecule has 0 spiro atoms. The van der Waals surface area contributed by atoms with Crippen molar-refractivity contribution in [2.45, 2.75) is 38.6 Å². The van der Waals surface area contributed by atoms with Gasteiger partial charge in [0.15, 0.2) is 0 Å². The predicted octanol–water partition coefficient (Wildman–Crippen LogP) is 2.12. The summed E-state index contributed by atoms with van der Waals surface area (Å²) in [4.78, 5) is 11.8. The van der Waals surface area contributed by atoms with Crippen molar-refractivity contribution in [3.63, 3.8) is 0 Å². The van der Waals surface area contributed by atoms with Gasteiger partial charge >= 0.3 is 0 Å². The Kier molecular flexibility index (Phi) is 3.67. The average molecular weight is 232 g/mol. The van der Waals surface area contributed by atoms with E-state index in [9.17, 15) is 4.79 Å². The Bertz CT molecular complexity index is 403. The summed E-state index contributed by atoms with van der Waals surface area (Å²) in [6.07, 6.45) is 3.88. The summed E-state index contributed by atoms with van der Waals surface area (Å²) in [5, 5.41) is 3.10. The maximum absolute atomic E-state index is 11.8. The fourth-order valence-electron chi connectivity index (χ4n) is 2.51. The van der Waals surface area contributed by atoms with Crippen molar-refractivity contribution in [1.29, 1.82) is 0 Å². The molecule has 0 aromatic heterocycles. The number of benzene rings is 1. The van der Waals surface area contributed by atoms with Crippen molar-refractivity contribution in [3.8, 4) is 0 Å². The zero-order chi connectivity index (χ0) is 12.3. The lowest BCUT2D eigenvalue weighted by Gasteiger charge is -2.12. The predicted molar refractivity (Wildman–Crippen MR) is 69.5 cm³/mol. The van der Waals surface area contributed by atoms with Gasteiger partial charge in [0.1, 0.15) is 0 Å². The second kappa shape index (κ2) is 5.21. The van der Waals surface area contributed by atoms with E-state index >= 15 is 0 Å². The minimum absolute atomic E-state index is 0.106. The fraction of sp³-hybridized carbons (Fsp3) is 0.500. The van der Waals surface area contributed by atoms with Crippen molar-refractivity contribution < 1.29 is 4.79 Å². The second-order valence-corrected chi connectivity index (χ2v) is 5.10. The molecule has 3 heteroatoms. The SMILES string of the molecule is CC1CCC(NC(=O)Cc2cccc(N)c2)C1. The number of anilines is 1. The molecule has 0 saturated heterocycles. The molecular formula is C14H20N2O. The van der Waals surface area contributed by atoms with Crippen LogP contribution < -0.4 is 11.1 Å². The van der Waals surface area contributed by atoms with Crippen molar-refractivity contribution in [3.05, 3.63) is 29.8 Å². The summed E-state index contributed by atoms with van der Waals surface area (Å²) < 4.78 is 0. The highest BCUT2D eigenvalue weighted by molar-refractivity contribution is 5.79. The second-order valence-electron chi connectivity index (χ2n) is 5.10. The minimum atomic E-state index is 0.106. The third-order valence-corrected chi connectivity index (χ3v) is 3.38. The van der Waals surface area contributed by atoms with Gasteiger partial charge in [-0.05, 0) is 42.9 Å². The normalized spacial score (nSPS) is 23.6. The van der Waals surface area contributed by atoms with Crippen LogP contribution >= 0.6 is 0 Å². The monoisotopic (exact) mass is 232 g/mol. The summed E-state index contributed by atoms with van der Waals surface area (Å²) in [5.41, 5.74) is 7.38. The Labute approximate surface area is 102 Å². The number of nitrogens with two attached hydrogens (primary N) is 1. The zero-order valence-electron chi connectivity index (χ0n) is 10.3. The average Bonchev–Trinajstić information content (AvgIpc) is 2.63. The largest absolute Gasteiger partial charge is 0.399 e. The standard InChI is InChI=1S/C14H20N2O/c1-10-5-6-13(7-10)16-14(17)9-11-3-2-4-12(15)8-11/h2-4,8,10,13H,5-7,9,15H2,1H3,(H,16,17). The number of hydrogen-bond acceptors (Lipinski definition) is 2. The first-order valence-corrected chi connectivity index (χ1v) is 6.27. The highest BCUT2D eigenvalue weighted by atomic mass is 16.1. The van der Waals surface area contributed by atoms with Crippen LogP contribution in [0.2, 0.25) is 0 Å². The van der Waals surface area contributed by atoms with Crippen LogP contribution in [0.25, 0.3) is 0 Å². The van der Waals surface area contributed by atoms with Gasteiger partial charge in [0, 0.05) is 11.7 Å². The number of nitrogens with one attached hydrogen (secondary N) is 1. The summed E-state index contributed by atoms with van der Waals surface area (Å²) in [6, 6.07) is 7.89. The fourth-order valence-corrected chi connectivity index (χ4v) is 2.51. The van der Waals surface area contributed by atoms with Crippen LogP contribution in [-0.2, 0) is 11.2 Å². The molecule has 2 atom stereocenters. The smallest absolute Gasteiger partial charge is 0.224 e. The third-order valence-electron chi connectivity index (χ3n) is 3.38. The van der Waals surface area contributed by atoms with Gasteiger partial charge in [-0.1, -0.05) is 19.1 Å². The van der Waals surface area contributed by atoms with E-state index in [1.165, 1.54) is 6.42 Å². The van der Waals surface area contributed by atoms with E-state index in [-0.39, 0.29) is 5.91 Å². The molecule has 3 nitrogen and oxygen atoms in total. The molecule has 1 aromatic rings. The van der Waals surface area contributed by atoms with Crippen molar-refractivity contribution >= 4 is 11.6 Å². The number of amides is 1. The molecule has 1 amide bonds. The van der Waals surface area contributed by atoms with E-state index in [0.29, 0.717) is 18.2 Å². The van der Waals surface area contributed by atoms with E-state index in [2.05, 4.69) is 12.2 Å².